The van der Waals surface area contributed by atoms with Crippen LogP contribution in [-0.2, 0) is 25.7 Å². The topological polar surface area (TPSA) is 140 Å². The van der Waals surface area contributed by atoms with Gasteiger partial charge in [-0.1, -0.05) is 54.8 Å². The highest BCUT2D eigenvalue weighted by Crippen LogP contribution is 2.26. The van der Waals surface area contributed by atoms with E-state index in [2.05, 4.69) is 20.7 Å². The average molecular weight is 521 g/mol. The first-order valence-corrected chi connectivity index (χ1v) is 12.7. The van der Waals surface area contributed by atoms with Crippen LogP contribution in [-0.4, -0.2) is 67.2 Å². The molecule has 0 bridgehead atoms. The number of nitrogens with zero attached hydrogens (tertiary/aromatic N) is 5. The van der Waals surface area contributed by atoms with Gasteiger partial charge in [-0.05, 0) is 49.6 Å². The monoisotopic (exact) mass is 520 g/mol. The van der Waals surface area contributed by atoms with Crippen molar-refractivity contribution in [1.29, 1.82) is 0 Å². The number of carbonyl (C=O) groups is 3. The molecular weight excluding hydrogens is 488 g/mol. The molecule has 2 amide bonds. The van der Waals surface area contributed by atoms with Crippen molar-refractivity contribution in [3.63, 3.8) is 0 Å². The molecule has 2 aromatic carbocycles. The van der Waals surface area contributed by atoms with Gasteiger partial charge in [-0.2, -0.15) is 4.80 Å². The lowest BCUT2D eigenvalue weighted by molar-refractivity contribution is -0.153. The molecule has 2 N–H and O–H groups in total. The number of aryl methyl sites for hydroxylation is 1. The number of rotatable bonds is 10. The Morgan fingerprint density at radius 3 is 2.45 bits per heavy atom. The van der Waals surface area contributed by atoms with Crippen LogP contribution in [0.4, 0.5) is 0 Å². The molecule has 1 saturated carbocycles. The first-order valence-electron chi connectivity index (χ1n) is 12.7. The Bertz CT molecular complexity index is 1250. The number of benzene rings is 2. The van der Waals surface area contributed by atoms with Crippen molar-refractivity contribution >= 4 is 17.8 Å². The van der Waals surface area contributed by atoms with Gasteiger partial charge < -0.3 is 20.1 Å². The van der Waals surface area contributed by atoms with Crippen LogP contribution in [0.5, 0.6) is 5.75 Å². The lowest BCUT2D eigenvalue weighted by Gasteiger charge is -2.31. The predicted octanol–water partition coefficient (Wildman–Crippen LogP) is 2.55. The molecule has 200 valence electrons. The highest BCUT2D eigenvalue weighted by Gasteiger charge is 2.35. The van der Waals surface area contributed by atoms with Gasteiger partial charge in [0, 0.05) is 11.6 Å². The number of nitrogens with one attached hydrogen (secondary N) is 1. The number of ether oxygens (including phenoxy) is 1. The van der Waals surface area contributed by atoms with Crippen LogP contribution in [0.3, 0.4) is 0 Å². The Balaban J connectivity index is 1.62. The van der Waals surface area contributed by atoms with E-state index in [4.69, 9.17) is 4.74 Å². The minimum absolute atomic E-state index is 0.00397. The fraction of sp³-hybridized carbons (Fsp3) is 0.407. The van der Waals surface area contributed by atoms with Crippen molar-refractivity contribution in [2.75, 3.05) is 13.2 Å². The second-order valence-electron chi connectivity index (χ2n) is 9.32. The smallest absolute Gasteiger partial charge is 0.325 e. The molecule has 1 aliphatic rings. The minimum atomic E-state index is -1.13. The van der Waals surface area contributed by atoms with E-state index in [0.29, 0.717) is 11.4 Å². The van der Waals surface area contributed by atoms with Crippen LogP contribution in [0.25, 0.3) is 11.4 Å². The Labute approximate surface area is 220 Å². The van der Waals surface area contributed by atoms with Crippen LogP contribution < -0.4 is 5.32 Å². The first-order chi connectivity index (χ1) is 18.3. The van der Waals surface area contributed by atoms with Crippen LogP contribution in [0.2, 0.25) is 0 Å². The average Bonchev–Trinajstić information content (AvgIpc) is 3.58. The van der Waals surface area contributed by atoms with Crippen molar-refractivity contribution in [1.82, 2.24) is 30.4 Å². The molecule has 1 aliphatic carbocycles. The van der Waals surface area contributed by atoms with E-state index in [9.17, 15) is 19.5 Å². The van der Waals surface area contributed by atoms with E-state index in [-0.39, 0.29) is 24.9 Å². The summed E-state index contributed by atoms with van der Waals surface area (Å²) in [5, 5.41) is 25.2. The number of aromatic hydroxyl groups is 1. The molecule has 0 spiro atoms. The van der Waals surface area contributed by atoms with Crippen LogP contribution in [0, 0.1) is 6.92 Å². The third-order valence-corrected chi connectivity index (χ3v) is 6.43. The first kappa shape index (κ1) is 26.8. The molecule has 1 aromatic heterocycles. The summed E-state index contributed by atoms with van der Waals surface area (Å²) in [5.74, 6) is -1.26. The van der Waals surface area contributed by atoms with Crippen LogP contribution in [0.15, 0.2) is 48.5 Å². The van der Waals surface area contributed by atoms with Crippen molar-refractivity contribution in [3.8, 4) is 17.1 Å². The fourth-order valence-corrected chi connectivity index (χ4v) is 4.49. The SMILES string of the molecule is CCOC(=O)CN(C(=O)Cn1nnc(-c2ccc(C)cc2)n1)C(C(=O)NC1CCCC1)c1ccc(O)cc1. The second kappa shape index (κ2) is 12.3. The van der Waals surface area contributed by atoms with Gasteiger partial charge >= 0.3 is 5.97 Å². The standard InChI is InChI=1S/C27H32N6O5/c1-3-38-24(36)17-32(23(35)16-33-30-26(29-31-33)20-10-8-18(2)9-11-20)25(19-12-14-22(34)15-13-19)27(37)28-21-6-4-5-7-21/h8-15,21,25,34H,3-7,16-17H2,1-2H3,(H,28,37). The molecule has 1 atom stereocenters. The van der Waals surface area contributed by atoms with E-state index in [0.717, 1.165) is 41.6 Å². The Morgan fingerprint density at radius 2 is 1.79 bits per heavy atom. The number of esters is 1. The molecule has 1 heterocycles. The lowest BCUT2D eigenvalue weighted by Crippen LogP contribution is -2.49. The molecule has 4 rings (SSSR count). The largest absolute Gasteiger partial charge is 0.508 e. The zero-order valence-corrected chi connectivity index (χ0v) is 21.5. The highest BCUT2D eigenvalue weighted by molar-refractivity contribution is 5.91. The molecule has 38 heavy (non-hydrogen) atoms. The van der Waals surface area contributed by atoms with Crippen molar-refractivity contribution < 1.29 is 24.2 Å². The molecule has 0 saturated heterocycles. The maximum atomic E-state index is 13.6. The predicted molar refractivity (Wildman–Crippen MR) is 138 cm³/mol. The maximum absolute atomic E-state index is 13.6. The molecule has 1 fully saturated rings. The van der Waals surface area contributed by atoms with Gasteiger partial charge in [0.15, 0.2) is 0 Å². The molecular formula is C27H32N6O5. The third kappa shape index (κ3) is 6.72. The van der Waals surface area contributed by atoms with Crippen molar-refractivity contribution in [2.45, 2.75) is 58.2 Å². The van der Waals surface area contributed by atoms with E-state index < -0.39 is 30.4 Å². The normalized spacial score (nSPS) is 14.2. The summed E-state index contributed by atoms with van der Waals surface area (Å²) in [4.78, 5) is 42.0. The van der Waals surface area contributed by atoms with Gasteiger partial charge in [-0.15, -0.1) is 10.2 Å². The minimum Gasteiger partial charge on any atom is -0.508 e. The summed E-state index contributed by atoms with van der Waals surface area (Å²) in [6.45, 7) is 2.97. The number of phenolic OH excluding ortho intramolecular Hbond substituents is 1. The summed E-state index contributed by atoms with van der Waals surface area (Å²) in [7, 11) is 0. The molecule has 1 unspecified atom stereocenters. The van der Waals surface area contributed by atoms with Gasteiger partial charge in [0.25, 0.3) is 0 Å². The Hall–Kier alpha value is -4.28. The van der Waals surface area contributed by atoms with Gasteiger partial charge in [-0.3, -0.25) is 14.4 Å². The molecule has 11 heteroatoms. The number of amides is 2. The molecule has 3 aromatic rings. The number of phenols is 1. The molecule has 0 radical (unpaired) electrons. The van der Waals surface area contributed by atoms with Gasteiger partial charge in [0.1, 0.15) is 24.9 Å². The van der Waals surface area contributed by atoms with Gasteiger partial charge in [-0.25, -0.2) is 0 Å². The highest BCUT2D eigenvalue weighted by atomic mass is 16.5. The van der Waals surface area contributed by atoms with Crippen molar-refractivity contribution in [3.05, 3.63) is 59.7 Å². The zero-order valence-electron chi connectivity index (χ0n) is 21.5. The Kier molecular flexibility index (Phi) is 8.67. The summed E-state index contributed by atoms with van der Waals surface area (Å²) in [5.41, 5.74) is 2.28. The summed E-state index contributed by atoms with van der Waals surface area (Å²) < 4.78 is 5.11. The summed E-state index contributed by atoms with van der Waals surface area (Å²) >= 11 is 0. The van der Waals surface area contributed by atoms with E-state index >= 15 is 0 Å². The van der Waals surface area contributed by atoms with E-state index in [1.54, 1.807) is 19.1 Å². The zero-order chi connectivity index (χ0) is 27.1. The number of aromatic nitrogens is 4. The van der Waals surface area contributed by atoms with Crippen LogP contribution >= 0.6 is 0 Å². The quantitative estimate of drug-likeness (QED) is 0.389. The van der Waals surface area contributed by atoms with Gasteiger partial charge in [0.2, 0.25) is 17.6 Å². The second-order valence-corrected chi connectivity index (χ2v) is 9.32. The summed E-state index contributed by atoms with van der Waals surface area (Å²) in [6, 6.07) is 12.4. The lowest BCUT2D eigenvalue weighted by atomic mass is 10.0. The number of carbonyl (C=O) groups excluding carboxylic acids is 3. The number of hydrogen-bond donors (Lipinski definition) is 2. The number of hydrogen-bond acceptors (Lipinski definition) is 8. The maximum Gasteiger partial charge on any atom is 0.325 e. The third-order valence-electron chi connectivity index (χ3n) is 6.43. The fourth-order valence-electron chi connectivity index (χ4n) is 4.49. The van der Waals surface area contributed by atoms with Gasteiger partial charge in [0.05, 0.1) is 6.61 Å². The Morgan fingerprint density at radius 1 is 1.11 bits per heavy atom. The van der Waals surface area contributed by atoms with Crippen LogP contribution in [0.1, 0.15) is 49.8 Å². The number of tetrazole rings is 1. The van der Waals surface area contributed by atoms with E-state index in [1.165, 1.54) is 17.0 Å². The van der Waals surface area contributed by atoms with Crippen molar-refractivity contribution in [2.24, 2.45) is 0 Å². The molecule has 11 nitrogen and oxygen atoms in total. The van der Waals surface area contributed by atoms with E-state index in [1.807, 2.05) is 31.2 Å². The molecule has 0 aliphatic heterocycles. The summed E-state index contributed by atoms with van der Waals surface area (Å²) in [6.07, 6.45) is 3.73.